The smallest absolute Gasteiger partial charge is 0.338 e. The van der Waals surface area contributed by atoms with Crippen LogP contribution in [0.1, 0.15) is 33.2 Å². The first-order valence-corrected chi connectivity index (χ1v) is 11.0. The quantitative estimate of drug-likeness (QED) is 0.574. The molecular formula is C23H18FNO5S. The van der Waals surface area contributed by atoms with Gasteiger partial charge in [0.25, 0.3) is 5.91 Å². The average molecular weight is 439 g/mol. The van der Waals surface area contributed by atoms with Crippen LogP contribution < -0.4 is 4.90 Å². The highest BCUT2D eigenvalue weighted by molar-refractivity contribution is 7.91. The van der Waals surface area contributed by atoms with Crippen molar-refractivity contribution in [3.8, 4) is 0 Å². The summed E-state index contributed by atoms with van der Waals surface area (Å²) in [6.45, 7) is 1.57. The van der Waals surface area contributed by atoms with E-state index in [0.717, 1.165) is 0 Å². The van der Waals surface area contributed by atoms with Crippen LogP contribution in [0.4, 0.5) is 10.1 Å². The predicted octanol–water partition coefficient (Wildman–Crippen LogP) is 4.00. The van der Waals surface area contributed by atoms with Crippen LogP contribution in [0.25, 0.3) is 0 Å². The fraction of sp³-hybridized carbons (Fsp3) is 0.130. The Kier molecular flexibility index (Phi) is 5.32. The van der Waals surface area contributed by atoms with Crippen LogP contribution >= 0.6 is 0 Å². The maximum atomic E-state index is 14.4. The Morgan fingerprint density at radius 3 is 2.45 bits per heavy atom. The molecule has 0 atom stereocenters. The molecule has 1 aliphatic rings. The topological polar surface area (TPSA) is 80.8 Å². The molecule has 0 aliphatic carbocycles. The maximum Gasteiger partial charge on any atom is 0.338 e. The molecular weight excluding hydrogens is 421 g/mol. The van der Waals surface area contributed by atoms with E-state index in [1.807, 2.05) is 0 Å². The highest BCUT2D eigenvalue weighted by Crippen LogP contribution is 2.38. The number of carbonyl (C=O) groups excluding carboxylic acids is 2. The summed E-state index contributed by atoms with van der Waals surface area (Å²) in [6, 6.07) is 15.7. The Hall–Kier alpha value is -3.52. The van der Waals surface area contributed by atoms with Gasteiger partial charge in [-0.05, 0) is 43.3 Å². The number of carbonyl (C=O) groups is 2. The molecule has 158 valence electrons. The van der Waals surface area contributed by atoms with Gasteiger partial charge in [0, 0.05) is 5.56 Å². The van der Waals surface area contributed by atoms with E-state index in [1.54, 1.807) is 19.1 Å². The number of nitrogens with zero attached hydrogens (tertiary/aromatic N) is 1. The Balaban J connectivity index is 1.97. The summed E-state index contributed by atoms with van der Waals surface area (Å²) in [4.78, 5) is 26.6. The molecule has 0 saturated heterocycles. The summed E-state index contributed by atoms with van der Waals surface area (Å²) in [6.07, 6.45) is 0. The van der Waals surface area contributed by atoms with Gasteiger partial charge in [0.15, 0.2) is 0 Å². The molecule has 0 unspecified atom stereocenters. The lowest BCUT2D eigenvalue weighted by molar-refractivity contribution is 0.0526. The minimum Gasteiger partial charge on any atom is -0.462 e. The number of sulfone groups is 1. The zero-order chi connectivity index (χ0) is 22.2. The zero-order valence-corrected chi connectivity index (χ0v) is 17.4. The van der Waals surface area contributed by atoms with Crippen LogP contribution in [0.2, 0.25) is 0 Å². The molecule has 0 saturated carbocycles. The van der Waals surface area contributed by atoms with Crippen molar-refractivity contribution in [1.29, 1.82) is 0 Å². The van der Waals surface area contributed by atoms with Crippen LogP contribution in [-0.2, 0) is 21.1 Å². The second kappa shape index (κ2) is 7.96. The average Bonchev–Trinajstić information content (AvgIpc) is 2.83. The van der Waals surface area contributed by atoms with E-state index in [4.69, 9.17) is 4.74 Å². The predicted molar refractivity (Wildman–Crippen MR) is 111 cm³/mol. The second-order valence-corrected chi connectivity index (χ2v) is 8.77. The number of anilines is 1. The maximum absolute atomic E-state index is 14.4. The normalized spacial score (nSPS) is 14.4. The van der Waals surface area contributed by atoms with Gasteiger partial charge in [0.05, 0.1) is 39.8 Å². The van der Waals surface area contributed by atoms with E-state index in [-0.39, 0.29) is 45.3 Å². The van der Waals surface area contributed by atoms with Crippen molar-refractivity contribution < 1.29 is 27.1 Å². The molecule has 0 spiro atoms. The molecule has 31 heavy (non-hydrogen) atoms. The monoisotopic (exact) mass is 439 g/mol. The van der Waals surface area contributed by atoms with Crippen LogP contribution in [-0.4, -0.2) is 26.9 Å². The number of fused-ring (bicyclic) bond motifs is 2. The molecule has 8 heteroatoms. The lowest BCUT2D eigenvalue weighted by Gasteiger charge is -2.23. The standard InChI is InChI=1S/C23H18FNO5S/c1-2-30-23(27)15-11-12-21-19(13-15)25(14-16-7-3-5-9-18(16)24)22(26)17-8-4-6-10-20(17)31(21,28)29/h3-13H,2,14H2,1H3. The third-order valence-corrected chi connectivity index (χ3v) is 6.85. The third-order valence-electron chi connectivity index (χ3n) is 4.99. The lowest BCUT2D eigenvalue weighted by Crippen LogP contribution is -2.31. The van der Waals surface area contributed by atoms with Gasteiger partial charge < -0.3 is 9.64 Å². The van der Waals surface area contributed by atoms with Crippen LogP contribution in [0, 0.1) is 5.82 Å². The number of hydrogen-bond donors (Lipinski definition) is 0. The van der Waals surface area contributed by atoms with Crippen LogP contribution in [0.3, 0.4) is 0 Å². The Bertz CT molecular complexity index is 1300. The summed E-state index contributed by atoms with van der Waals surface area (Å²) in [7, 11) is -4.07. The van der Waals surface area contributed by atoms with E-state index >= 15 is 0 Å². The number of amides is 1. The molecule has 1 aliphatic heterocycles. The first kappa shape index (κ1) is 20.7. The van der Waals surface area contributed by atoms with Crippen LogP contribution in [0.15, 0.2) is 76.5 Å². The Labute approximate surface area is 178 Å². The molecule has 3 aromatic carbocycles. The van der Waals surface area contributed by atoms with Crippen LogP contribution in [0.5, 0.6) is 0 Å². The molecule has 6 nitrogen and oxygen atoms in total. The van der Waals surface area contributed by atoms with Crippen molar-refractivity contribution in [3.05, 3.63) is 89.2 Å². The van der Waals surface area contributed by atoms with E-state index in [2.05, 4.69) is 0 Å². The number of ether oxygens (including phenoxy) is 1. The number of esters is 1. The van der Waals surface area contributed by atoms with Crippen molar-refractivity contribution in [2.45, 2.75) is 23.3 Å². The highest BCUT2D eigenvalue weighted by atomic mass is 32.2. The SMILES string of the molecule is CCOC(=O)c1ccc2c(c1)N(Cc1ccccc1F)C(=O)c1ccccc1S2(=O)=O. The van der Waals surface area contributed by atoms with E-state index in [9.17, 15) is 22.4 Å². The summed E-state index contributed by atoms with van der Waals surface area (Å²) >= 11 is 0. The van der Waals surface area contributed by atoms with E-state index in [1.165, 1.54) is 59.5 Å². The van der Waals surface area contributed by atoms with Gasteiger partial charge in [-0.25, -0.2) is 17.6 Å². The van der Waals surface area contributed by atoms with Crippen molar-refractivity contribution in [1.82, 2.24) is 0 Å². The van der Waals surface area contributed by atoms with Gasteiger partial charge in [-0.2, -0.15) is 0 Å². The Morgan fingerprint density at radius 2 is 1.71 bits per heavy atom. The Morgan fingerprint density at radius 1 is 1.00 bits per heavy atom. The highest BCUT2D eigenvalue weighted by Gasteiger charge is 2.36. The summed E-state index contributed by atoms with van der Waals surface area (Å²) in [5, 5.41) is 0. The fourth-order valence-electron chi connectivity index (χ4n) is 3.50. The molecule has 0 radical (unpaired) electrons. The minimum atomic E-state index is -4.07. The van der Waals surface area contributed by atoms with Gasteiger partial charge in [-0.15, -0.1) is 0 Å². The fourth-order valence-corrected chi connectivity index (χ4v) is 5.13. The van der Waals surface area contributed by atoms with Crippen molar-refractivity contribution in [3.63, 3.8) is 0 Å². The first-order valence-electron chi connectivity index (χ1n) is 9.55. The molecule has 0 N–H and O–H groups in total. The minimum absolute atomic E-state index is 0.00462. The molecule has 0 fully saturated rings. The molecule has 1 heterocycles. The summed E-state index contributed by atoms with van der Waals surface area (Å²) < 4.78 is 46.1. The third kappa shape index (κ3) is 3.59. The number of rotatable bonds is 4. The number of hydrogen-bond acceptors (Lipinski definition) is 5. The summed E-state index contributed by atoms with van der Waals surface area (Å²) in [5.41, 5.74) is 0.274. The number of benzene rings is 3. The summed E-state index contributed by atoms with van der Waals surface area (Å²) in [5.74, 6) is -1.79. The zero-order valence-electron chi connectivity index (χ0n) is 16.5. The molecule has 0 bridgehead atoms. The van der Waals surface area contributed by atoms with E-state index < -0.39 is 27.5 Å². The largest absolute Gasteiger partial charge is 0.462 e. The van der Waals surface area contributed by atoms with Crippen molar-refractivity contribution in [2.24, 2.45) is 0 Å². The molecule has 3 aromatic rings. The molecule has 1 amide bonds. The molecule has 4 rings (SSSR count). The van der Waals surface area contributed by atoms with Crippen molar-refractivity contribution >= 4 is 27.4 Å². The first-order chi connectivity index (χ1) is 14.8. The van der Waals surface area contributed by atoms with Gasteiger partial charge in [-0.1, -0.05) is 30.3 Å². The van der Waals surface area contributed by atoms with Gasteiger partial charge in [0.2, 0.25) is 9.84 Å². The lowest BCUT2D eigenvalue weighted by atomic mass is 10.1. The molecule has 0 aromatic heterocycles. The van der Waals surface area contributed by atoms with Gasteiger partial charge >= 0.3 is 5.97 Å². The van der Waals surface area contributed by atoms with Crippen molar-refractivity contribution in [2.75, 3.05) is 11.5 Å². The van der Waals surface area contributed by atoms with Gasteiger partial charge in [-0.3, -0.25) is 4.79 Å². The van der Waals surface area contributed by atoms with Gasteiger partial charge in [0.1, 0.15) is 5.82 Å². The number of halogens is 1. The second-order valence-electron chi connectivity index (χ2n) is 6.89. The van der Waals surface area contributed by atoms with E-state index in [0.29, 0.717) is 0 Å².